The number of nitrogens with two attached hydrogens (primary N) is 1. The zero-order valence-electron chi connectivity index (χ0n) is 22.8. The molecule has 2 heterocycles. The summed E-state index contributed by atoms with van der Waals surface area (Å²) in [6.45, 7) is 0.144. The molecule has 5 unspecified atom stereocenters. The largest absolute Gasteiger partial charge is 0.462 e. The molecule has 0 spiro atoms. The molecule has 1 aliphatic rings. The van der Waals surface area contributed by atoms with Crippen LogP contribution in [0.2, 0.25) is 5.02 Å². The van der Waals surface area contributed by atoms with Gasteiger partial charge in [0.15, 0.2) is 11.8 Å². The maximum absolute atomic E-state index is 14.6. The van der Waals surface area contributed by atoms with Crippen LogP contribution in [0.25, 0.3) is 10.8 Å². The van der Waals surface area contributed by atoms with E-state index in [-0.39, 0.29) is 10.8 Å². The molecule has 228 valence electrons. The number of rotatable bonds is 11. The summed E-state index contributed by atoms with van der Waals surface area (Å²) < 4.78 is 52.9. The highest BCUT2D eigenvalue weighted by Gasteiger charge is 2.54. The van der Waals surface area contributed by atoms with Crippen LogP contribution in [0.15, 0.2) is 53.5 Å². The lowest BCUT2D eigenvalue weighted by Gasteiger charge is -2.32. The molecule has 0 radical (unpaired) electrons. The summed E-state index contributed by atoms with van der Waals surface area (Å²) in [6, 6.07) is 11.4. The van der Waals surface area contributed by atoms with Gasteiger partial charge in [-0.05, 0) is 44.0 Å². The van der Waals surface area contributed by atoms with Crippen LogP contribution in [0.1, 0.15) is 33.4 Å². The van der Waals surface area contributed by atoms with Crippen molar-refractivity contribution >= 4 is 52.6 Å². The molecule has 4 N–H and O–H groups in total. The molecule has 0 amide bonds. The fraction of sp³-hybridized carbons (Fsp3) is 0.423. The van der Waals surface area contributed by atoms with Crippen molar-refractivity contribution in [3.05, 3.63) is 64.2 Å². The van der Waals surface area contributed by atoms with Gasteiger partial charge < -0.3 is 29.4 Å². The van der Waals surface area contributed by atoms with Crippen LogP contribution in [-0.4, -0.2) is 57.5 Å². The minimum Gasteiger partial charge on any atom is -0.462 e. The zero-order chi connectivity index (χ0) is 30.8. The van der Waals surface area contributed by atoms with E-state index < -0.39 is 67.8 Å². The summed E-state index contributed by atoms with van der Waals surface area (Å²) in [7, 11) is 0. The molecule has 1 fully saturated rings. The van der Waals surface area contributed by atoms with Crippen molar-refractivity contribution in [1.82, 2.24) is 14.6 Å². The highest BCUT2D eigenvalue weighted by molar-refractivity contribution is 8.09. The Morgan fingerprint density at radius 2 is 2.00 bits per heavy atom. The van der Waals surface area contributed by atoms with Crippen LogP contribution in [-0.2, 0) is 30.6 Å². The first kappa shape index (κ1) is 32.2. The van der Waals surface area contributed by atoms with Crippen molar-refractivity contribution in [2.75, 3.05) is 12.3 Å². The Balaban J connectivity index is 1.65. The number of nitrogens with zero attached hydrogens (tertiary/aromatic N) is 2. The summed E-state index contributed by atoms with van der Waals surface area (Å²) in [5.74, 6) is -0.636. The number of halogens is 3. The van der Waals surface area contributed by atoms with Crippen molar-refractivity contribution < 1.29 is 37.2 Å². The lowest BCUT2D eigenvalue weighted by atomic mass is 10.0. The lowest BCUT2D eigenvalue weighted by molar-refractivity contribution is -0.169. The quantitative estimate of drug-likeness (QED) is 0.204. The number of carbonyl (C=O) groups is 1. The van der Waals surface area contributed by atoms with Gasteiger partial charge in [-0.3, -0.25) is 9.36 Å². The van der Waals surface area contributed by atoms with E-state index in [1.165, 1.54) is 6.92 Å². The van der Waals surface area contributed by atoms with E-state index in [4.69, 9.17) is 47.7 Å². The average molecular weight is 647 g/mol. The van der Waals surface area contributed by atoms with Gasteiger partial charge in [0.2, 0.25) is 0 Å². The smallest absolute Gasteiger partial charge is 0.351 e. The topological polar surface area (TPSA) is 147 Å². The molecule has 5 atom stereocenters. The molecule has 16 heteroatoms. The van der Waals surface area contributed by atoms with Crippen LogP contribution >= 0.6 is 18.2 Å². The molecule has 3 aromatic rings. The van der Waals surface area contributed by atoms with Crippen molar-refractivity contribution in [3.8, 4) is 5.75 Å². The van der Waals surface area contributed by atoms with Gasteiger partial charge in [0, 0.05) is 18.0 Å². The van der Waals surface area contributed by atoms with Gasteiger partial charge in [0.05, 0.1) is 17.7 Å². The number of aliphatic hydroxyl groups is 1. The number of nitrogens with one attached hydrogen (secondary N) is 1. The summed E-state index contributed by atoms with van der Waals surface area (Å²) in [5.41, 5.74) is 2.16. The van der Waals surface area contributed by atoms with E-state index in [1.807, 2.05) is 18.2 Å². The summed E-state index contributed by atoms with van der Waals surface area (Å²) >= 11 is 11.7. The number of hydrogen-bond donors (Lipinski definition) is 3. The Morgan fingerprint density at radius 3 is 2.69 bits per heavy atom. The normalized spacial score (nSPS) is 22.8. The third-order valence-electron chi connectivity index (χ3n) is 6.35. The summed E-state index contributed by atoms with van der Waals surface area (Å²) in [6.07, 6.45) is -6.38. The fourth-order valence-corrected chi connectivity index (χ4v) is 6.90. The maximum Gasteiger partial charge on any atom is 0.351 e. The fourth-order valence-electron chi connectivity index (χ4n) is 4.31. The number of anilines is 1. The second-order valence-electron chi connectivity index (χ2n) is 9.99. The molecule has 1 aliphatic heterocycles. The van der Waals surface area contributed by atoms with Gasteiger partial charge >= 0.3 is 18.3 Å². The number of hydrogen-bond acceptors (Lipinski definition) is 10. The molecule has 11 nitrogen and oxygen atoms in total. The number of esters is 1. The molecule has 4 rings (SSSR count). The Labute approximate surface area is 250 Å². The van der Waals surface area contributed by atoms with Gasteiger partial charge in [-0.2, -0.15) is 4.98 Å². The number of alkyl halides is 2. The Hall–Kier alpha value is -2.71. The maximum atomic E-state index is 14.6. The monoisotopic (exact) mass is 646 g/mol. The SMILES string of the molecule is CC(C)OC(=O)C(C)NP(=S)(OCC1(C(F)F)CC(O)C(n2cc(Cl)c(N)nc2=O)O1)Oc1cccc2ccccc12. The summed E-state index contributed by atoms with van der Waals surface area (Å²) in [4.78, 5) is 28.5. The predicted molar refractivity (Wildman–Crippen MR) is 156 cm³/mol. The molecular weight excluding hydrogens is 617 g/mol. The van der Waals surface area contributed by atoms with Crippen molar-refractivity contribution in [1.29, 1.82) is 0 Å². The first-order valence-corrected chi connectivity index (χ1v) is 15.8. The number of aromatic nitrogens is 2. The van der Waals surface area contributed by atoms with E-state index >= 15 is 0 Å². The van der Waals surface area contributed by atoms with Gasteiger partial charge in [0.25, 0.3) is 6.43 Å². The number of ether oxygens (including phenoxy) is 2. The predicted octanol–water partition coefficient (Wildman–Crippen LogP) is 4.17. The lowest BCUT2D eigenvalue weighted by Crippen LogP contribution is -2.44. The van der Waals surface area contributed by atoms with Crippen molar-refractivity contribution in [2.24, 2.45) is 0 Å². The van der Waals surface area contributed by atoms with Crippen molar-refractivity contribution in [3.63, 3.8) is 0 Å². The molecule has 0 saturated carbocycles. The van der Waals surface area contributed by atoms with Crippen LogP contribution in [0.5, 0.6) is 5.75 Å². The molecule has 42 heavy (non-hydrogen) atoms. The van der Waals surface area contributed by atoms with Gasteiger partial charge in [-0.25, -0.2) is 18.7 Å². The van der Waals surface area contributed by atoms with E-state index in [1.54, 1.807) is 38.1 Å². The molecule has 1 saturated heterocycles. The van der Waals surface area contributed by atoms with E-state index in [0.29, 0.717) is 11.1 Å². The minimum absolute atomic E-state index is 0.137. The van der Waals surface area contributed by atoms with Gasteiger partial charge in [-0.15, -0.1) is 0 Å². The first-order valence-electron chi connectivity index (χ1n) is 12.8. The van der Waals surface area contributed by atoms with Crippen LogP contribution < -0.4 is 21.0 Å². The van der Waals surface area contributed by atoms with E-state index in [2.05, 4.69) is 10.1 Å². The molecule has 1 aromatic heterocycles. The number of benzene rings is 2. The van der Waals surface area contributed by atoms with Gasteiger partial charge in [-0.1, -0.05) is 48.0 Å². The van der Waals surface area contributed by atoms with Gasteiger partial charge in [0.1, 0.15) is 23.7 Å². The molecule has 0 bridgehead atoms. The third-order valence-corrected chi connectivity index (χ3v) is 9.11. The van der Waals surface area contributed by atoms with Crippen LogP contribution in [0.3, 0.4) is 0 Å². The Bertz CT molecular complexity index is 1560. The summed E-state index contributed by atoms with van der Waals surface area (Å²) in [5, 5.41) is 14.9. The van der Waals surface area contributed by atoms with E-state index in [0.717, 1.165) is 16.2 Å². The number of carbonyl (C=O) groups excluding carboxylic acids is 1. The highest BCUT2D eigenvalue weighted by Crippen LogP contribution is 2.50. The zero-order valence-corrected chi connectivity index (χ0v) is 25.2. The second kappa shape index (κ2) is 12.9. The number of aliphatic hydroxyl groups excluding tert-OH is 1. The van der Waals surface area contributed by atoms with Crippen molar-refractivity contribution in [2.45, 2.75) is 63.7 Å². The average Bonchev–Trinajstić information content (AvgIpc) is 3.27. The third kappa shape index (κ3) is 7.08. The Morgan fingerprint density at radius 1 is 1.31 bits per heavy atom. The highest BCUT2D eigenvalue weighted by atomic mass is 35.5. The molecule has 2 aromatic carbocycles. The van der Waals surface area contributed by atoms with E-state index in [9.17, 15) is 23.5 Å². The first-order chi connectivity index (χ1) is 19.7. The minimum atomic E-state index is -3.80. The van der Waals surface area contributed by atoms with Crippen LogP contribution in [0.4, 0.5) is 14.6 Å². The number of nitrogen functional groups attached to an aromatic ring is 1. The standard InChI is InChI=1S/C26H30ClF2N4O7PS/c1-14(2)38-23(35)15(3)32-41(42,40-20-10-6-8-16-7-4-5-9-17(16)20)37-13-26(24(28)29)11-19(34)22(39-26)33-12-18(27)21(30)31-25(33)36/h4-10,12,14-15,19,22,24,34H,11,13H2,1-3H3,(H,32,42)(H2,30,31,36). The molecular formula is C26H30ClF2N4O7PS. The Kier molecular flexibility index (Phi) is 9.88. The second-order valence-corrected chi connectivity index (χ2v) is 13.5. The van der Waals surface area contributed by atoms with Crippen LogP contribution in [0, 0.1) is 0 Å². The number of fused-ring (bicyclic) bond motifs is 1. The molecule has 0 aliphatic carbocycles.